The van der Waals surface area contributed by atoms with Crippen LogP contribution < -0.4 is 10.6 Å². The average molecular weight is 387 g/mol. The summed E-state index contributed by atoms with van der Waals surface area (Å²) in [7, 11) is 0. The molecule has 1 saturated heterocycles. The van der Waals surface area contributed by atoms with Gasteiger partial charge in [0.05, 0.1) is 12.1 Å². The van der Waals surface area contributed by atoms with Crippen LogP contribution in [-0.2, 0) is 16.1 Å². The van der Waals surface area contributed by atoms with Crippen LogP contribution in [0.15, 0.2) is 53.1 Å². The van der Waals surface area contributed by atoms with Crippen molar-refractivity contribution in [3.63, 3.8) is 0 Å². The Hall–Kier alpha value is -2.74. The molecule has 1 aliphatic rings. The van der Waals surface area contributed by atoms with Crippen molar-refractivity contribution < 1.29 is 18.8 Å². The number of nitrogens with one attached hydrogen (secondary N) is 2. The lowest BCUT2D eigenvalue weighted by atomic mass is 10.2. The van der Waals surface area contributed by atoms with Crippen molar-refractivity contribution in [2.75, 3.05) is 18.2 Å². The summed E-state index contributed by atoms with van der Waals surface area (Å²) in [5, 5.41) is 5.53. The maximum atomic E-state index is 12.5. The Labute approximate surface area is 161 Å². The van der Waals surface area contributed by atoms with Gasteiger partial charge in [-0.15, -0.1) is 11.8 Å². The maximum absolute atomic E-state index is 12.5. The Balaban J connectivity index is 1.45. The molecule has 8 heteroatoms. The van der Waals surface area contributed by atoms with Crippen molar-refractivity contribution in [2.45, 2.75) is 19.0 Å². The number of carbonyl (C=O) groups is 3. The van der Waals surface area contributed by atoms with E-state index in [1.165, 1.54) is 6.26 Å². The second-order valence-electron chi connectivity index (χ2n) is 6.07. The number of rotatable bonds is 7. The smallest absolute Gasteiger partial charge is 0.286 e. The van der Waals surface area contributed by atoms with Gasteiger partial charge in [0.15, 0.2) is 5.76 Å². The topological polar surface area (TPSA) is 91.7 Å². The lowest BCUT2D eigenvalue weighted by Gasteiger charge is -2.23. The molecule has 2 N–H and O–H groups in total. The molecule has 7 nitrogen and oxygen atoms in total. The molecule has 1 aliphatic heterocycles. The zero-order chi connectivity index (χ0) is 19.1. The summed E-state index contributed by atoms with van der Waals surface area (Å²) in [5.41, 5.74) is 1.01. The van der Waals surface area contributed by atoms with Crippen LogP contribution in [0, 0.1) is 0 Å². The van der Waals surface area contributed by atoms with Crippen LogP contribution in [0.25, 0.3) is 0 Å². The van der Waals surface area contributed by atoms with Gasteiger partial charge in [0.1, 0.15) is 6.04 Å². The highest BCUT2D eigenvalue weighted by atomic mass is 32.2. The summed E-state index contributed by atoms with van der Waals surface area (Å²) in [5.74, 6) is 0.592. The molecule has 0 bridgehead atoms. The Morgan fingerprint density at radius 1 is 1.11 bits per heavy atom. The molecule has 3 amide bonds. The van der Waals surface area contributed by atoms with Crippen molar-refractivity contribution in [1.82, 2.24) is 15.5 Å². The molecule has 142 valence electrons. The number of nitrogens with zero attached hydrogens (tertiary/aromatic N) is 1. The Morgan fingerprint density at radius 3 is 2.67 bits per heavy atom. The van der Waals surface area contributed by atoms with Gasteiger partial charge >= 0.3 is 0 Å². The third kappa shape index (κ3) is 5.13. The molecule has 2 aromatic rings. The fraction of sp³-hybridized carbons (Fsp3) is 0.316. The van der Waals surface area contributed by atoms with E-state index in [4.69, 9.17) is 4.42 Å². The lowest BCUT2D eigenvalue weighted by Crippen LogP contribution is -2.47. The Bertz CT molecular complexity index is 780. The highest BCUT2D eigenvalue weighted by Gasteiger charge is 2.34. The van der Waals surface area contributed by atoms with Crippen molar-refractivity contribution >= 4 is 29.5 Å². The first kappa shape index (κ1) is 19.0. The molecular weight excluding hydrogens is 366 g/mol. The number of hydrogen-bond acceptors (Lipinski definition) is 5. The number of thioether (sulfide) groups is 1. The van der Waals surface area contributed by atoms with E-state index in [1.807, 2.05) is 30.3 Å². The van der Waals surface area contributed by atoms with Crippen molar-refractivity contribution in [3.05, 3.63) is 60.1 Å². The average Bonchev–Trinajstić information content (AvgIpc) is 3.38. The first-order chi connectivity index (χ1) is 13.1. The van der Waals surface area contributed by atoms with E-state index >= 15 is 0 Å². The minimum absolute atomic E-state index is 0.134. The predicted molar refractivity (Wildman–Crippen MR) is 102 cm³/mol. The minimum atomic E-state index is -0.480. The second kappa shape index (κ2) is 9.27. The molecule has 1 aromatic carbocycles. The minimum Gasteiger partial charge on any atom is -0.459 e. The normalized spacial score (nSPS) is 16.1. The molecule has 1 fully saturated rings. The van der Waals surface area contributed by atoms with Gasteiger partial charge in [-0.2, -0.15) is 0 Å². The van der Waals surface area contributed by atoms with E-state index in [0.29, 0.717) is 18.2 Å². The van der Waals surface area contributed by atoms with Crippen LogP contribution in [0.5, 0.6) is 0 Å². The molecule has 0 spiro atoms. The van der Waals surface area contributed by atoms with E-state index in [0.717, 1.165) is 5.56 Å². The Kier molecular flexibility index (Phi) is 6.54. The van der Waals surface area contributed by atoms with Crippen molar-refractivity contribution in [3.8, 4) is 0 Å². The zero-order valence-electron chi connectivity index (χ0n) is 14.7. The number of amides is 3. The van der Waals surface area contributed by atoms with E-state index in [1.54, 1.807) is 28.8 Å². The summed E-state index contributed by atoms with van der Waals surface area (Å²) in [6, 6.07) is 12.3. The van der Waals surface area contributed by atoms with Gasteiger partial charge < -0.3 is 20.0 Å². The standard InChI is InChI=1S/C19H21N3O4S/c23-17(8-9-20-19(25)16-7-4-10-26-16)22-13-27-12-15(22)18(24)21-11-14-5-2-1-3-6-14/h1-7,10,15H,8-9,11-13H2,(H,20,25)(H,21,24). The number of hydrogen-bond donors (Lipinski definition) is 2. The molecule has 1 unspecified atom stereocenters. The molecule has 0 saturated carbocycles. The summed E-state index contributed by atoms with van der Waals surface area (Å²) in [6.07, 6.45) is 1.55. The van der Waals surface area contributed by atoms with E-state index in [9.17, 15) is 14.4 Å². The number of benzene rings is 1. The molecule has 27 heavy (non-hydrogen) atoms. The summed E-state index contributed by atoms with van der Waals surface area (Å²) < 4.78 is 5.00. The number of furan rings is 1. The van der Waals surface area contributed by atoms with Crippen molar-refractivity contribution in [1.29, 1.82) is 0 Å². The molecule has 1 atom stereocenters. The van der Waals surface area contributed by atoms with E-state index in [2.05, 4.69) is 10.6 Å². The third-order valence-electron chi connectivity index (χ3n) is 4.18. The number of carbonyl (C=O) groups excluding carboxylic acids is 3. The molecular formula is C19H21N3O4S. The molecule has 3 rings (SSSR count). The second-order valence-corrected chi connectivity index (χ2v) is 7.07. The van der Waals surface area contributed by atoms with Gasteiger partial charge in [-0.1, -0.05) is 30.3 Å². The zero-order valence-corrected chi connectivity index (χ0v) is 15.5. The fourth-order valence-corrected chi connectivity index (χ4v) is 3.91. The summed E-state index contributed by atoms with van der Waals surface area (Å²) >= 11 is 1.55. The molecule has 1 aromatic heterocycles. The van der Waals surface area contributed by atoms with Gasteiger partial charge in [-0.25, -0.2) is 0 Å². The highest BCUT2D eigenvalue weighted by Crippen LogP contribution is 2.22. The Morgan fingerprint density at radius 2 is 1.93 bits per heavy atom. The van der Waals surface area contributed by atoms with E-state index < -0.39 is 6.04 Å². The maximum Gasteiger partial charge on any atom is 0.286 e. The van der Waals surface area contributed by atoms with Crippen LogP contribution >= 0.6 is 11.8 Å². The van der Waals surface area contributed by atoms with Crippen LogP contribution in [0.1, 0.15) is 22.5 Å². The third-order valence-corrected chi connectivity index (χ3v) is 5.20. The molecule has 0 radical (unpaired) electrons. The fourth-order valence-electron chi connectivity index (χ4n) is 2.73. The largest absolute Gasteiger partial charge is 0.459 e. The SMILES string of the molecule is O=C(NCCC(=O)N1CSCC1C(=O)NCc1ccccc1)c1ccco1. The lowest BCUT2D eigenvalue weighted by molar-refractivity contribution is -0.138. The molecule has 2 heterocycles. The van der Waals surface area contributed by atoms with Crippen molar-refractivity contribution in [2.24, 2.45) is 0 Å². The predicted octanol–water partition coefficient (Wildman–Crippen LogP) is 1.62. The van der Waals surface area contributed by atoms with Crippen LogP contribution in [0.3, 0.4) is 0 Å². The van der Waals surface area contributed by atoms with Gasteiger partial charge in [0.25, 0.3) is 5.91 Å². The summed E-state index contributed by atoms with van der Waals surface area (Å²) in [4.78, 5) is 38.3. The van der Waals surface area contributed by atoms with Gasteiger partial charge in [0, 0.05) is 25.3 Å². The van der Waals surface area contributed by atoms with Crippen LogP contribution in [0.4, 0.5) is 0 Å². The van der Waals surface area contributed by atoms with Gasteiger partial charge in [-0.05, 0) is 17.7 Å². The quantitative estimate of drug-likeness (QED) is 0.753. The summed E-state index contributed by atoms with van der Waals surface area (Å²) in [6.45, 7) is 0.625. The monoisotopic (exact) mass is 387 g/mol. The first-order valence-electron chi connectivity index (χ1n) is 8.65. The van der Waals surface area contributed by atoms with Gasteiger partial charge in [0.2, 0.25) is 11.8 Å². The highest BCUT2D eigenvalue weighted by molar-refractivity contribution is 7.99. The molecule has 0 aliphatic carbocycles. The van der Waals surface area contributed by atoms with Crippen LogP contribution in [-0.4, -0.2) is 46.8 Å². The van der Waals surface area contributed by atoms with E-state index in [-0.39, 0.29) is 36.4 Å². The van der Waals surface area contributed by atoms with Gasteiger partial charge in [-0.3, -0.25) is 14.4 Å². The van der Waals surface area contributed by atoms with Crippen LogP contribution in [0.2, 0.25) is 0 Å². The first-order valence-corrected chi connectivity index (χ1v) is 9.81.